The molecule has 2 unspecified atom stereocenters. The van der Waals surface area contributed by atoms with Crippen molar-refractivity contribution in [3.8, 4) is 23.0 Å². The average molecular weight is 657 g/mol. The van der Waals surface area contributed by atoms with Gasteiger partial charge in [-0.05, 0) is 97.8 Å². The molecule has 0 amide bonds. The predicted octanol–water partition coefficient (Wildman–Crippen LogP) is 8.34. The van der Waals surface area contributed by atoms with Gasteiger partial charge in [-0.15, -0.1) is 0 Å². The Hall–Kier alpha value is -3.96. The summed E-state index contributed by atoms with van der Waals surface area (Å²) in [7, 11) is 6.66. The van der Waals surface area contributed by atoms with Gasteiger partial charge in [-0.1, -0.05) is 33.7 Å². The second kappa shape index (κ2) is 15.1. The predicted molar refractivity (Wildman–Crippen MR) is 185 cm³/mol. The lowest BCUT2D eigenvalue weighted by atomic mass is 10.1. The summed E-state index contributed by atoms with van der Waals surface area (Å²) >= 11 is 0. The molecular formula is C36H36N2O6S2. The first-order valence-electron chi connectivity index (χ1n) is 15.0. The Bertz CT molecular complexity index is 1610. The molecule has 4 aromatic carbocycles. The van der Waals surface area contributed by atoms with E-state index in [1.807, 2.05) is 74.5 Å². The van der Waals surface area contributed by atoms with Gasteiger partial charge >= 0.3 is 0 Å². The van der Waals surface area contributed by atoms with Crippen molar-refractivity contribution in [3.05, 3.63) is 96.1 Å². The Morgan fingerprint density at radius 3 is 1.46 bits per heavy atom. The lowest BCUT2D eigenvalue weighted by molar-refractivity contribution is 0.252. The number of methoxy groups -OCH3 is 2. The third-order valence-corrected chi connectivity index (χ3v) is 9.66. The maximum Gasteiger partial charge on any atom is 0.161 e. The summed E-state index contributed by atoms with van der Waals surface area (Å²) in [6, 6.07) is 28.2. The smallest absolute Gasteiger partial charge is 0.161 e. The van der Waals surface area contributed by atoms with Crippen LogP contribution in [0, 0.1) is 0 Å². The summed E-state index contributed by atoms with van der Waals surface area (Å²) in [5, 5.41) is 0. The normalized spacial score (nSPS) is 17.4. The van der Waals surface area contributed by atoms with E-state index in [4.69, 9.17) is 38.4 Å². The highest BCUT2D eigenvalue weighted by Gasteiger charge is 2.24. The summed E-state index contributed by atoms with van der Waals surface area (Å²) in [6.07, 6.45) is 0.371. The van der Waals surface area contributed by atoms with Crippen molar-refractivity contribution in [2.24, 2.45) is 9.98 Å². The molecule has 2 saturated heterocycles. The monoisotopic (exact) mass is 656 g/mol. The second-order valence-electron chi connectivity index (χ2n) is 10.8. The van der Waals surface area contributed by atoms with Crippen LogP contribution < -0.4 is 18.9 Å². The molecule has 238 valence electrons. The van der Waals surface area contributed by atoms with Crippen molar-refractivity contribution in [3.63, 3.8) is 0 Å². The van der Waals surface area contributed by atoms with E-state index in [0.29, 0.717) is 36.2 Å². The van der Waals surface area contributed by atoms with Crippen molar-refractivity contribution in [2.45, 2.75) is 35.8 Å². The first kappa shape index (κ1) is 32.0. The molecular weight excluding hydrogens is 621 g/mol. The van der Waals surface area contributed by atoms with Crippen LogP contribution in [0.2, 0.25) is 0 Å². The number of ether oxygens (including phenoxy) is 6. The first-order chi connectivity index (χ1) is 22.5. The molecule has 2 aliphatic heterocycles. The topological polar surface area (TPSA) is 86.7 Å². The fraction of sp³-hybridized carbons (Fsp3) is 0.278. The summed E-state index contributed by atoms with van der Waals surface area (Å²) in [5.41, 5.74) is 5.49. The highest BCUT2D eigenvalue weighted by atomic mass is 33.1. The maximum atomic E-state index is 5.84. The molecule has 0 saturated carbocycles. The van der Waals surface area contributed by atoms with Crippen LogP contribution in [-0.4, -0.2) is 64.3 Å². The lowest BCUT2D eigenvalue weighted by Gasteiger charge is -2.12. The molecule has 46 heavy (non-hydrogen) atoms. The van der Waals surface area contributed by atoms with Crippen molar-refractivity contribution >= 4 is 44.4 Å². The molecule has 0 spiro atoms. The average Bonchev–Trinajstić information content (AvgIpc) is 4.02. The fourth-order valence-electron chi connectivity index (χ4n) is 4.54. The summed E-state index contributed by atoms with van der Waals surface area (Å²) in [5.74, 6) is 2.76. The molecule has 2 atom stereocenters. The maximum absolute atomic E-state index is 5.84. The molecule has 0 N–H and O–H groups in total. The Morgan fingerprint density at radius 2 is 1.07 bits per heavy atom. The largest absolute Gasteiger partial charge is 0.493 e. The van der Waals surface area contributed by atoms with Gasteiger partial charge in [-0.2, -0.15) is 0 Å². The van der Waals surface area contributed by atoms with Gasteiger partial charge in [0, 0.05) is 21.2 Å². The van der Waals surface area contributed by atoms with Crippen LogP contribution in [0.1, 0.15) is 25.0 Å². The quantitative estimate of drug-likeness (QED) is 0.0717. The summed E-state index contributed by atoms with van der Waals surface area (Å²) in [6.45, 7) is 6.56. The molecule has 0 aliphatic carbocycles. The van der Waals surface area contributed by atoms with Crippen LogP contribution in [-0.2, 0) is 9.47 Å². The van der Waals surface area contributed by atoms with Gasteiger partial charge in [-0.3, -0.25) is 9.98 Å². The molecule has 0 bridgehead atoms. The van der Waals surface area contributed by atoms with Gasteiger partial charge in [0.05, 0.1) is 38.8 Å². The molecule has 8 nitrogen and oxygen atoms in total. The number of benzene rings is 4. The number of hydrogen-bond donors (Lipinski definition) is 0. The molecule has 10 heteroatoms. The van der Waals surface area contributed by atoms with E-state index in [2.05, 4.69) is 24.3 Å². The molecule has 6 rings (SSSR count). The van der Waals surface area contributed by atoms with Gasteiger partial charge in [0.15, 0.2) is 23.0 Å². The van der Waals surface area contributed by atoms with E-state index >= 15 is 0 Å². The molecule has 2 aliphatic rings. The fourth-order valence-corrected chi connectivity index (χ4v) is 6.54. The molecule has 2 fully saturated rings. The zero-order chi connectivity index (χ0) is 31.9. The Balaban J connectivity index is 1.09. The number of rotatable bonds is 15. The lowest BCUT2D eigenvalue weighted by Crippen LogP contribution is -2.06. The highest BCUT2D eigenvalue weighted by molar-refractivity contribution is 8.76. The van der Waals surface area contributed by atoms with E-state index in [1.54, 1.807) is 35.8 Å². The van der Waals surface area contributed by atoms with Crippen molar-refractivity contribution in [2.75, 3.05) is 40.6 Å². The summed E-state index contributed by atoms with van der Waals surface area (Å²) in [4.78, 5) is 12.0. The number of hydrogen-bond acceptors (Lipinski definition) is 10. The van der Waals surface area contributed by atoms with E-state index in [0.717, 1.165) is 56.9 Å². The van der Waals surface area contributed by atoms with E-state index < -0.39 is 0 Å². The van der Waals surface area contributed by atoms with E-state index in [1.165, 1.54) is 0 Å². The zero-order valence-electron chi connectivity index (χ0n) is 26.2. The van der Waals surface area contributed by atoms with Gasteiger partial charge in [-0.25, -0.2) is 0 Å². The van der Waals surface area contributed by atoms with Gasteiger partial charge in [0.25, 0.3) is 0 Å². The number of aliphatic imine (C=N–C) groups is 2. The molecule has 4 aromatic rings. The van der Waals surface area contributed by atoms with Crippen LogP contribution in [0.3, 0.4) is 0 Å². The third kappa shape index (κ3) is 8.85. The standard InChI is InChI=1S/C36H36N2O6S2/c1-23(25-11-13-33(35(15-25)39-3)43-21-29-19-41-29)37-27-7-5-9-31(17-27)45-46-32-10-6-8-28(18-32)38-24(2)26-12-14-34(36(16-26)40-4)44-22-30-20-42-30/h5-18,29-30H,19-22H2,1-4H3. The molecule has 0 aromatic heterocycles. The van der Waals surface area contributed by atoms with E-state index in [9.17, 15) is 0 Å². The van der Waals surface area contributed by atoms with Gasteiger partial charge in [0.1, 0.15) is 25.4 Å². The van der Waals surface area contributed by atoms with Crippen LogP contribution >= 0.6 is 21.6 Å². The van der Waals surface area contributed by atoms with Gasteiger partial charge in [0.2, 0.25) is 0 Å². The Morgan fingerprint density at radius 1 is 0.630 bits per heavy atom. The third-order valence-electron chi connectivity index (χ3n) is 7.28. The van der Waals surface area contributed by atoms with Crippen molar-refractivity contribution < 1.29 is 28.4 Å². The van der Waals surface area contributed by atoms with Crippen LogP contribution in [0.25, 0.3) is 0 Å². The highest BCUT2D eigenvalue weighted by Crippen LogP contribution is 2.40. The minimum atomic E-state index is 0.185. The zero-order valence-corrected chi connectivity index (χ0v) is 27.9. The van der Waals surface area contributed by atoms with Crippen LogP contribution in [0.5, 0.6) is 23.0 Å². The van der Waals surface area contributed by atoms with Crippen molar-refractivity contribution in [1.29, 1.82) is 0 Å². The van der Waals surface area contributed by atoms with E-state index in [-0.39, 0.29) is 12.2 Å². The summed E-state index contributed by atoms with van der Waals surface area (Å²) < 4.78 is 33.3. The molecule has 2 heterocycles. The second-order valence-corrected chi connectivity index (χ2v) is 13.1. The van der Waals surface area contributed by atoms with Crippen molar-refractivity contribution in [1.82, 2.24) is 0 Å². The Kier molecular flexibility index (Phi) is 10.5. The van der Waals surface area contributed by atoms with Gasteiger partial charge < -0.3 is 28.4 Å². The van der Waals surface area contributed by atoms with Crippen LogP contribution in [0.4, 0.5) is 11.4 Å². The minimum absolute atomic E-state index is 0.185. The molecule has 0 radical (unpaired) electrons. The van der Waals surface area contributed by atoms with Crippen LogP contribution in [0.15, 0.2) is 105 Å². The SMILES string of the molecule is COc1cc(C(C)=Nc2cccc(SSc3cccc(N=C(C)c4ccc(OCC5CO5)c(OC)c4)c3)c2)ccc1OCC1CO1. The first-order valence-corrected chi connectivity index (χ1v) is 17.1. The Labute approximate surface area is 277 Å². The number of epoxide rings is 2. The minimum Gasteiger partial charge on any atom is -0.493 e. The number of nitrogens with zero attached hydrogens (tertiary/aromatic N) is 2.